The fourth-order valence-electron chi connectivity index (χ4n) is 3.72. The van der Waals surface area contributed by atoms with E-state index in [0.29, 0.717) is 11.4 Å². The average Bonchev–Trinajstić information content (AvgIpc) is 3.22. The number of fused-ring (bicyclic) bond motifs is 1. The summed E-state index contributed by atoms with van der Waals surface area (Å²) in [6.45, 7) is -1.93. The van der Waals surface area contributed by atoms with Crippen molar-refractivity contribution >= 4 is 17.1 Å². The van der Waals surface area contributed by atoms with Crippen LogP contribution in [0.2, 0.25) is 0 Å². The second kappa shape index (κ2) is 9.98. The van der Waals surface area contributed by atoms with E-state index in [2.05, 4.69) is 15.0 Å². The van der Waals surface area contributed by atoms with Crippen LogP contribution < -0.4 is 10.1 Å². The molecular formula is C25H22F2N2O5. The average molecular weight is 468 g/mol. The first kappa shape index (κ1) is 23.3. The minimum atomic E-state index is -3.09. The number of aliphatic carboxylic acids is 1. The number of aromatic nitrogens is 1. The molecule has 0 unspecified atom stereocenters. The Morgan fingerprint density at radius 3 is 2.53 bits per heavy atom. The number of carbonyl (C=O) groups is 1. The van der Waals surface area contributed by atoms with Gasteiger partial charge < -0.3 is 19.4 Å². The van der Waals surface area contributed by atoms with E-state index >= 15 is 0 Å². The van der Waals surface area contributed by atoms with Gasteiger partial charge in [-0.05, 0) is 35.7 Å². The molecule has 4 rings (SSSR count). The first-order chi connectivity index (χ1) is 16.4. The Balaban J connectivity index is 1.73. The van der Waals surface area contributed by atoms with Crippen molar-refractivity contribution < 1.29 is 32.9 Å². The van der Waals surface area contributed by atoms with E-state index in [-0.39, 0.29) is 23.4 Å². The number of benzene rings is 3. The van der Waals surface area contributed by atoms with E-state index in [1.54, 1.807) is 0 Å². The summed E-state index contributed by atoms with van der Waals surface area (Å²) in [5, 5.41) is 20.9. The van der Waals surface area contributed by atoms with Gasteiger partial charge in [0.25, 0.3) is 0 Å². The Hall–Kier alpha value is -3.82. The number of aliphatic hydroxyl groups excluding tert-OH is 1. The van der Waals surface area contributed by atoms with E-state index in [1.807, 2.05) is 55.5 Å². The van der Waals surface area contributed by atoms with Gasteiger partial charge in [-0.3, -0.25) is 10.1 Å². The number of hydrogen-bond donors (Lipinski definition) is 3. The molecular weight excluding hydrogens is 446 g/mol. The summed E-state index contributed by atoms with van der Waals surface area (Å²) in [6, 6.07) is 17.1. The lowest BCUT2D eigenvalue weighted by atomic mass is 9.96. The molecule has 0 fully saturated rings. The third-order valence-electron chi connectivity index (χ3n) is 5.46. The van der Waals surface area contributed by atoms with E-state index in [4.69, 9.17) is 9.52 Å². The molecule has 7 nitrogen and oxygen atoms in total. The molecule has 0 bridgehead atoms. The van der Waals surface area contributed by atoms with Gasteiger partial charge in [-0.25, -0.2) is 4.98 Å². The minimum absolute atomic E-state index is 0.139. The van der Waals surface area contributed by atoms with E-state index in [9.17, 15) is 18.7 Å². The number of aliphatic hydroxyl groups is 1. The summed E-state index contributed by atoms with van der Waals surface area (Å²) in [7, 11) is 0. The molecule has 0 aliphatic rings. The summed E-state index contributed by atoms with van der Waals surface area (Å²) < 4.78 is 36.5. The molecule has 0 aliphatic heterocycles. The van der Waals surface area contributed by atoms with Crippen LogP contribution in [0.1, 0.15) is 11.1 Å². The largest absolute Gasteiger partial charge is 0.480 e. The van der Waals surface area contributed by atoms with Crippen LogP contribution in [0.5, 0.6) is 5.75 Å². The molecule has 0 amide bonds. The van der Waals surface area contributed by atoms with Gasteiger partial charge in [0, 0.05) is 23.7 Å². The highest BCUT2D eigenvalue weighted by Gasteiger charge is 2.20. The first-order valence-electron chi connectivity index (χ1n) is 10.5. The number of nitrogens with zero attached hydrogens (tertiary/aromatic N) is 1. The zero-order valence-electron chi connectivity index (χ0n) is 18.2. The monoisotopic (exact) mass is 468 g/mol. The van der Waals surface area contributed by atoms with Crippen LogP contribution in [0.25, 0.3) is 33.7 Å². The SMILES string of the molecule is Cc1c(-c2ccccc2)cccc1-c1nc2cc(CN[C@@H](CO)C(=O)O)c(OC(F)F)cc2o1. The molecule has 4 aromatic rings. The zero-order chi connectivity index (χ0) is 24.2. The number of carboxylic acids is 1. The third-order valence-corrected chi connectivity index (χ3v) is 5.46. The zero-order valence-corrected chi connectivity index (χ0v) is 18.2. The van der Waals surface area contributed by atoms with Crippen molar-refractivity contribution in [1.29, 1.82) is 0 Å². The molecule has 1 atom stereocenters. The number of carboxylic acid groups (broad SMARTS) is 1. The van der Waals surface area contributed by atoms with Gasteiger partial charge in [0.05, 0.1) is 6.61 Å². The summed E-state index contributed by atoms with van der Waals surface area (Å²) in [5.41, 5.74) is 4.64. The van der Waals surface area contributed by atoms with Gasteiger partial charge >= 0.3 is 12.6 Å². The maximum absolute atomic E-state index is 13.0. The van der Waals surface area contributed by atoms with Gasteiger partial charge in [-0.2, -0.15) is 8.78 Å². The number of rotatable bonds is 9. The normalized spacial score (nSPS) is 12.3. The molecule has 0 aliphatic carbocycles. The predicted molar refractivity (Wildman–Crippen MR) is 122 cm³/mol. The summed E-state index contributed by atoms with van der Waals surface area (Å²) in [5.74, 6) is -1.12. The Morgan fingerprint density at radius 2 is 1.85 bits per heavy atom. The maximum atomic E-state index is 13.0. The van der Waals surface area contributed by atoms with E-state index in [0.717, 1.165) is 22.3 Å². The summed E-state index contributed by atoms with van der Waals surface area (Å²) >= 11 is 0. The molecule has 3 aromatic carbocycles. The standard InChI is InChI=1S/C25H22F2N2O5/c1-14-17(15-6-3-2-4-7-15)8-5-9-18(14)23-29-19-10-16(12-28-20(13-30)24(31)32)21(34-25(26)27)11-22(19)33-23/h2-11,20,25,28,30H,12-13H2,1H3,(H,31,32)/t20-/m0/s1. The Kier molecular flexibility index (Phi) is 6.85. The topological polar surface area (TPSA) is 105 Å². The lowest BCUT2D eigenvalue weighted by molar-refractivity contribution is -0.140. The molecule has 34 heavy (non-hydrogen) atoms. The molecule has 1 aromatic heterocycles. The van der Waals surface area contributed by atoms with Gasteiger partial charge in [0.1, 0.15) is 17.3 Å². The first-order valence-corrected chi connectivity index (χ1v) is 10.5. The fourth-order valence-corrected chi connectivity index (χ4v) is 3.72. The van der Waals surface area contributed by atoms with Gasteiger partial charge in [0.15, 0.2) is 5.58 Å². The highest BCUT2D eigenvalue weighted by atomic mass is 19.3. The van der Waals surface area contributed by atoms with E-state index in [1.165, 1.54) is 12.1 Å². The van der Waals surface area contributed by atoms with Crippen LogP contribution in [-0.2, 0) is 11.3 Å². The van der Waals surface area contributed by atoms with Crippen LogP contribution in [0, 0.1) is 6.92 Å². The van der Waals surface area contributed by atoms with E-state index < -0.39 is 25.2 Å². The number of oxazole rings is 1. The lowest BCUT2D eigenvalue weighted by Gasteiger charge is -2.14. The van der Waals surface area contributed by atoms with Crippen molar-refractivity contribution in [2.75, 3.05) is 6.61 Å². The van der Waals surface area contributed by atoms with Gasteiger partial charge in [-0.1, -0.05) is 42.5 Å². The summed E-state index contributed by atoms with van der Waals surface area (Å²) in [4.78, 5) is 15.7. The molecule has 3 N–H and O–H groups in total. The number of nitrogens with one attached hydrogen (secondary N) is 1. The number of hydrogen-bond acceptors (Lipinski definition) is 6. The summed E-state index contributed by atoms with van der Waals surface area (Å²) in [6.07, 6.45) is 0. The highest BCUT2D eigenvalue weighted by molar-refractivity contribution is 5.82. The molecule has 0 radical (unpaired) electrons. The van der Waals surface area contributed by atoms with Crippen molar-refractivity contribution in [2.45, 2.75) is 26.1 Å². The molecule has 0 saturated carbocycles. The van der Waals surface area contributed by atoms with Crippen LogP contribution in [0.4, 0.5) is 8.78 Å². The molecule has 0 spiro atoms. The Bertz CT molecular complexity index is 1310. The van der Waals surface area contributed by atoms with Crippen LogP contribution in [-0.4, -0.2) is 40.4 Å². The van der Waals surface area contributed by atoms with Crippen molar-refractivity contribution in [3.05, 3.63) is 71.8 Å². The molecule has 176 valence electrons. The Labute approximate surface area is 193 Å². The van der Waals surface area contributed by atoms with Gasteiger partial charge in [0.2, 0.25) is 5.89 Å². The fraction of sp³-hybridized carbons (Fsp3) is 0.200. The van der Waals surface area contributed by atoms with Crippen molar-refractivity contribution in [2.24, 2.45) is 0 Å². The van der Waals surface area contributed by atoms with Crippen LogP contribution >= 0.6 is 0 Å². The maximum Gasteiger partial charge on any atom is 0.387 e. The second-order valence-electron chi connectivity index (χ2n) is 7.62. The van der Waals surface area contributed by atoms with Crippen molar-refractivity contribution in [1.82, 2.24) is 10.3 Å². The van der Waals surface area contributed by atoms with Crippen molar-refractivity contribution in [3.63, 3.8) is 0 Å². The van der Waals surface area contributed by atoms with Crippen LogP contribution in [0.15, 0.2) is 65.1 Å². The third kappa shape index (κ3) is 4.90. The number of alkyl halides is 2. The predicted octanol–water partition coefficient (Wildman–Crippen LogP) is 4.61. The number of ether oxygens (including phenoxy) is 1. The highest BCUT2D eigenvalue weighted by Crippen LogP contribution is 2.35. The molecule has 1 heterocycles. The van der Waals surface area contributed by atoms with Crippen LogP contribution in [0.3, 0.4) is 0 Å². The van der Waals surface area contributed by atoms with Gasteiger partial charge in [-0.15, -0.1) is 0 Å². The Morgan fingerprint density at radius 1 is 1.12 bits per heavy atom. The molecule has 9 heteroatoms. The second-order valence-corrected chi connectivity index (χ2v) is 7.62. The molecule has 0 saturated heterocycles. The number of halogens is 2. The smallest absolute Gasteiger partial charge is 0.387 e. The lowest BCUT2D eigenvalue weighted by Crippen LogP contribution is -2.39. The quantitative estimate of drug-likeness (QED) is 0.330. The van der Waals surface area contributed by atoms with Crippen molar-refractivity contribution in [3.8, 4) is 28.3 Å². The minimum Gasteiger partial charge on any atom is -0.480 e.